The Kier molecular flexibility index (Phi) is 4.60. The fourth-order valence-corrected chi connectivity index (χ4v) is 1.50. The van der Waals surface area contributed by atoms with Gasteiger partial charge in [-0.2, -0.15) is 0 Å². The van der Waals surface area contributed by atoms with Gasteiger partial charge in [-0.1, -0.05) is 6.08 Å². The first-order chi connectivity index (χ1) is 7.21. The van der Waals surface area contributed by atoms with Gasteiger partial charge < -0.3 is 15.2 Å². The average Bonchev–Trinajstić information content (AvgIpc) is 2.76. The van der Waals surface area contributed by atoms with E-state index in [0.717, 1.165) is 0 Å². The molecule has 0 heterocycles. The molecule has 0 aromatic heterocycles. The molecule has 2 unspecified atom stereocenters. The lowest BCUT2D eigenvalue weighted by molar-refractivity contribution is -0.141. The summed E-state index contributed by atoms with van der Waals surface area (Å²) in [4.78, 5) is 22.5. The lowest BCUT2D eigenvalue weighted by Gasteiger charge is -2.22. The Hall–Kier alpha value is -1.23. The smallest absolute Gasteiger partial charge is 0.408 e. The summed E-state index contributed by atoms with van der Waals surface area (Å²) in [5, 5.41) is 11.4. The SMILES string of the molecule is C=CC1CC1(NC(=O)OC(C)(C)C)C(=O)O.Cl. The van der Waals surface area contributed by atoms with Gasteiger partial charge >= 0.3 is 12.1 Å². The van der Waals surface area contributed by atoms with Crippen LogP contribution in [-0.2, 0) is 9.53 Å². The van der Waals surface area contributed by atoms with Crippen molar-refractivity contribution in [2.45, 2.75) is 38.3 Å². The van der Waals surface area contributed by atoms with Gasteiger partial charge in [-0.3, -0.25) is 0 Å². The summed E-state index contributed by atoms with van der Waals surface area (Å²) in [5.74, 6) is -1.28. The van der Waals surface area contributed by atoms with Gasteiger partial charge in [-0.15, -0.1) is 19.0 Å². The van der Waals surface area contributed by atoms with Crippen molar-refractivity contribution in [1.29, 1.82) is 0 Å². The van der Waals surface area contributed by atoms with Crippen LogP contribution in [0.25, 0.3) is 0 Å². The van der Waals surface area contributed by atoms with E-state index in [1.54, 1.807) is 20.8 Å². The summed E-state index contributed by atoms with van der Waals surface area (Å²) in [5.41, 5.74) is -1.85. The Morgan fingerprint density at radius 1 is 1.53 bits per heavy atom. The number of rotatable bonds is 3. The molecule has 1 amide bonds. The quantitative estimate of drug-likeness (QED) is 0.764. The normalized spacial score (nSPS) is 26.4. The van der Waals surface area contributed by atoms with E-state index in [1.165, 1.54) is 6.08 Å². The van der Waals surface area contributed by atoms with Gasteiger partial charge in [0.2, 0.25) is 0 Å². The lowest BCUT2D eigenvalue weighted by Crippen LogP contribution is -2.46. The fourth-order valence-electron chi connectivity index (χ4n) is 1.50. The molecule has 0 saturated heterocycles. The number of amides is 1. The first-order valence-corrected chi connectivity index (χ1v) is 5.08. The molecule has 98 valence electrons. The third-order valence-corrected chi connectivity index (χ3v) is 2.40. The largest absolute Gasteiger partial charge is 0.479 e. The maximum Gasteiger partial charge on any atom is 0.408 e. The third kappa shape index (κ3) is 3.63. The van der Waals surface area contributed by atoms with Gasteiger partial charge in [0, 0.05) is 5.92 Å². The molecule has 1 fully saturated rings. The topological polar surface area (TPSA) is 75.6 Å². The highest BCUT2D eigenvalue weighted by atomic mass is 35.5. The monoisotopic (exact) mass is 263 g/mol. The van der Waals surface area contributed by atoms with Crippen LogP contribution in [0.15, 0.2) is 12.7 Å². The number of ether oxygens (including phenoxy) is 1. The van der Waals surface area contributed by atoms with Crippen molar-refractivity contribution in [3.8, 4) is 0 Å². The summed E-state index contributed by atoms with van der Waals surface area (Å²) >= 11 is 0. The van der Waals surface area contributed by atoms with Crippen molar-refractivity contribution in [1.82, 2.24) is 5.32 Å². The van der Waals surface area contributed by atoms with E-state index in [-0.39, 0.29) is 18.3 Å². The van der Waals surface area contributed by atoms with Crippen LogP contribution < -0.4 is 5.32 Å². The van der Waals surface area contributed by atoms with E-state index in [1.807, 2.05) is 0 Å². The Balaban J connectivity index is 0.00000256. The van der Waals surface area contributed by atoms with Crippen LogP contribution in [0.2, 0.25) is 0 Å². The van der Waals surface area contributed by atoms with Crippen LogP contribution in [0.3, 0.4) is 0 Å². The zero-order chi connectivity index (χ0) is 12.6. The number of alkyl carbamates (subject to hydrolysis) is 1. The van der Waals surface area contributed by atoms with Crippen molar-refractivity contribution < 1.29 is 19.4 Å². The van der Waals surface area contributed by atoms with Gasteiger partial charge in [0.25, 0.3) is 0 Å². The molecule has 2 N–H and O–H groups in total. The van der Waals surface area contributed by atoms with Crippen LogP contribution >= 0.6 is 12.4 Å². The number of carbonyl (C=O) groups excluding carboxylic acids is 1. The molecule has 0 radical (unpaired) electrons. The number of nitrogens with one attached hydrogen (secondary N) is 1. The molecule has 17 heavy (non-hydrogen) atoms. The lowest BCUT2D eigenvalue weighted by atomic mass is 10.2. The number of hydrogen-bond donors (Lipinski definition) is 2. The van der Waals surface area contributed by atoms with Crippen LogP contribution in [0, 0.1) is 5.92 Å². The second-order valence-electron chi connectivity index (χ2n) is 4.95. The summed E-state index contributed by atoms with van der Waals surface area (Å²) < 4.78 is 5.01. The van der Waals surface area contributed by atoms with Gasteiger partial charge in [-0.25, -0.2) is 9.59 Å². The van der Waals surface area contributed by atoms with E-state index in [9.17, 15) is 9.59 Å². The van der Waals surface area contributed by atoms with Crippen molar-refractivity contribution in [2.24, 2.45) is 5.92 Å². The van der Waals surface area contributed by atoms with E-state index in [4.69, 9.17) is 9.84 Å². The number of carbonyl (C=O) groups is 2. The average molecular weight is 264 g/mol. The first kappa shape index (κ1) is 15.8. The minimum absolute atomic E-state index is 0. The molecule has 5 nitrogen and oxygen atoms in total. The minimum Gasteiger partial charge on any atom is -0.479 e. The predicted octanol–water partition coefficient (Wildman–Crippen LogP) is 1.96. The molecular formula is C11H18ClNO4. The molecule has 1 aliphatic rings. The molecule has 2 atom stereocenters. The highest BCUT2D eigenvalue weighted by molar-refractivity contribution is 5.88. The first-order valence-electron chi connectivity index (χ1n) is 5.08. The predicted molar refractivity (Wildman–Crippen MR) is 65.3 cm³/mol. The summed E-state index contributed by atoms with van der Waals surface area (Å²) in [6.07, 6.45) is 1.19. The Bertz CT molecular complexity index is 337. The summed E-state index contributed by atoms with van der Waals surface area (Å²) in [6, 6.07) is 0. The molecular weight excluding hydrogens is 246 g/mol. The molecule has 1 aliphatic carbocycles. The zero-order valence-corrected chi connectivity index (χ0v) is 11.0. The number of hydrogen-bond acceptors (Lipinski definition) is 3. The number of aliphatic carboxylic acids is 1. The van der Waals surface area contributed by atoms with Crippen molar-refractivity contribution in [2.75, 3.05) is 0 Å². The maximum atomic E-state index is 11.4. The van der Waals surface area contributed by atoms with Crippen molar-refractivity contribution >= 4 is 24.5 Å². The molecule has 6 heteroatoms. The van der Waals surface area contributed by atoms with Gasteiger partial charge in [0.15, 0.2) is 0 Å². The number of carboxylic acid groups (broad SMARTS) is 1. The second-order valence-corrected chi connectivity index (χ2v) is 4.95. The van der Waals surface area contributed by atoms with Crippen LogP contribution in [0.1, 0.15) is 27.2 Å². The van der Waals surface area contributed by atoms with E-state index < -0.39 is 23.2 Å². The highest BCUT2D eigenvalue weighted by Gasteiger charge is 2.60. The molecule has 0 bridgehead atoms. The molecule has 0 aromatic carbocycles. The number of carboxylic acids is 1. The van der Waals surface area contributed by atoms with E-state index in [2.05, 4.69) is 11.9 Å². The van der Waals surface area contributed by atoms with Crippen molar-refractivity contribution in [3.63, 3.8) is 0 Å². The zero-order valence-electron chi connectivity index (χ0n) is 10.1. The summed E-state index contributed by atoms with van der Waals surface area (Å²) in [7, 11) is 0. The second kappa shape index (κ2) is 4.96. The molecule has 1 rings (SSSR count). The Morgan fingerprint density at radius 2 is 2.06 bits per heavy atom. The molecule has 0 spiro atoms. The van der Waals surface area contributed by atoms with Crippen LogP contribution in [0.5, 0.6) is 0 Å². The van der Waals surface area contributed by atoms with Crippen molar-refractivity contribution in [3.05, 3.63) is 12.7 Å². The van der Waals surface area contributed by atoms with E-state index in [0.29, 0.717) is 6.42 Å². The molecule has 0 aliphatic heterocycles. The minimum atomic E-state index is -1.22. The third-order valence-electron chi connectivity index (χ3n) is 2.40. The Morgan fingerprint density at radius 3 is 2.35 bits per heavy atom. The maximum absolute atomic E-state index is 11.4. The highest BCUT2D eigenvalue weighted by Crippen LogP contribution is 2.44. The standard InChI is InChI=1S/C11H17NO4.ClH/c1-5-7-6-11(7,8(13)14)12-9(15)16-10(2,3)4;/h5,7H,1,6H2,2-4H3,(H,12,15)(H,13,14);1H. The van der Waals surface area contributed by atoms with Gasteiger partial charge in [0.05, 0.1) is 0 Å². The van der Waals surface area contributed by atoms with Gasteiger partial charge in [0.1, 0.15) is 11.1 Å². The number of halogens is 1. The Labute approximate surface area is 107 Å². The molecule has 1 saturated carbocycles. The fraction of sp³-hybridized carbons (Fsp3) is 0.636. The van der Waals surface area contributed by atoms with Crippen LogP contribution in [-0.4, -0.2) is 28.3 Å². The van der Waals surface area contributed by atoms with Gasteiger partial charge in [-0.05, 0) is 27.2 Å². The van der Waals surface area contributed by atoms with Crippen LogP contribution in [0.4, 0.5) is 4.79 Å². The summed E-state index contributed by atoms with van der Waals surface area (Å²) in [6.45, 7) is 8.69. The van der Waals surface area contributed by atoms with E-state index >= 15 is 0 Å². The molecule has 0 aromatic rings.